The number of hydrogen-bond acceptors (Lipinski definition) is 2. The van der Waals surface area contributed by atoms with Gasteiger partial charge in [0.1, 0.15) is 0 Å². The fourth-order valence-corrected chi connectivity index (χ4v) is 2.58. The van der Waals surface area contributed by atoms with Crippen molar-refractivity contribution in [2.45, 2.75) is 31.6 Å². The van der Waals surface area contributed by atoms with Crippen LogP contribution in [0.1, 0.15) is 30.4 Å². The van der Waals surface area contributed by atoms with Crippen LogP contribution in [0.5, 0.6) is 0 Å². The number of rotatable bonds is 6. The van der Waals surface area contributed by atoms with Crippen molar-refractivity contribution >= 4 is 0 Å². The summed E-state index contributed by atoms with van der Waals surface area (Å²) in [4.78, 5) is 0. The minimum atomic E-state index is 0.390. The van der Waals surface area contributed by atoms with E-state index in [9.17, 15) is 0 Å². The molecule has 1 aliphatic carbocycles. The third-order valence-corrected chi connectivity index (χ3v) is 3.92. The summed E-state index contributed by atoms with van der Waals surface area (Å²) in [5.41, 5.74) is 3.23. The summed E-state index contributed by atoms with van der Waals surface area (Å²) < 4.78 is 5.07. The second-order valence-electron chi connectivity index (χ2n) is 5.17. The number of methoxy groups -OCH3 is 1. The van der Waals surface area contributed by atoms with Gasteiger partial charge in [0, 0.05) is 25.6 Å². The number of hydrogen-bond donors (Lipinski definition) is 1. The lowest BCUT2D eigenvalue weighted by molar-refractivity contribution is 0.185. The Hall–Kier alpha value is -0.860. The molecule has 0 aliphatic heterocycles. The highest BCUT2D eigenvalue weighted by molar-refractivity contribution is 5.31. The van der Waals surface area contributed by atoms with Crippen LogP contribution in [0.2, 0.25) is 0 Å². The van der Waals surface area contributed by atoms with E-state index in [0.717, 1.165) is 19.7 Å². The lowest BCUT2D eigenvalue weighted by Crippen LogP contribution is -2.44. The van der Waals surface area contributed by atoms with E-state index in [0.29, 0.717) is 5.41 Å². The minimum Gasteiger partial charge on any atom is -0.383 e. The van der Waals surface area contributed by atoms with Crippen molar-refractivity contribution in [1.29, 1.82) is 0 Å². The van der Waals surface area contributed by atoms with Crippen molar-refractivity contribution in [2.24, 2.45) is 0 Å². The predicted octanol–water partition coefficient (Wildman–Crippen LogP) is 2.65. The van der Waals surface area contributed by atoms with Crippen LogP contribution in [0.15, 0.2) is 24.3 Å². The molecule has 0 heterocycles. The van der Waals surface area contributed by atoms with E-state index >= 15 is 0 Å². The minimum absolute atomic E-state index is 0.390. The van der Waals surface area contributed by atoms with Gasteiger partial charge in [0.2, 0.25) is 0 Å². The second kappa shape index (κ2) is 5.65. The van der Waals surface area contributed by atoms with Gasteiger partial charge in [-0.05, 0) is 25.3 Å². The lowest BCUT2D eigenvalue weighted by atomic mass is 9.64. The van der Waals surface area contributed by atoms with Crippen LogP contribution in [0.4, 0.5) is 0 Å². The van der Waals surface area contributed by atoms with Crippen LogP contribution in [-0.4, -0.2) is 26.8 Å². The molecule has 0 atom stereocenters. The highest BCUT2D eigenvalue weighted by Gasteiger charge is 2.37. The highest BCUT2D eigenvalue weighted by Crippen LogP contribution is 2.43. The fraction of sp³-hybridized carbons (Fsp3) is 0.600. The van der Waals surface area contributed by atoms with Crippen molar-refractivity contribution in [3.8, 4) is 0 Å². The first-order valence-electron chi connectivity index (χ1n) is 6.54. The van der Waals surface area contributed by atoms with E-state index < -0.39 is 0 Å². The third-order valence-electron chi connectivity index (χ3n) is 3.92. The third kappa shape index (κ3) is 2.88. The second-order valence-corrected chi connectivity index (χ2v) is 5.17. The summed E-state index contributed by atoms with van der Waals surface area (Å²) in [6.07, 6.45) is 3.99. The smallest absolute Gasteiger partial charge is 0.0587 e. The Morgan fingerprint density at radius 2 is 1.94 bits per heavy atom. The zero-order valence-electron chi connectivity index (χ0n) is 11.0. The average Bonchev–Trinajstić information content (AvgIpc) is 2.29. The number of ether oxygens (including phenoxy) is 1. The van der Waals surface area contributed by atoms with Gasteiger partial charge in [0.15, 0.2) is 0 Å². The van der Waals surface area contributed by atoms with Gasteiger partial charge in [-0.1, -0.05) is 36.2 Å². The van der Waals surface area contributed by atoms with Gasteiger partial charge in [-0.15, -0.1) is 0 Å². The number of aryl methyl sites for hydroxylation is 1. The Bertz CT molecular complexity index is 340. The molecule has 17 heavy (non-hydrogen) atoms. The maximum absolute atomic E-state index is 5.07. The van der Waals surface area contributed by atoms with Crippen molar-refractivity contribution in [1.82, 2.24) is 5.32 Å². The molecule has 1 saturated carbocycles. The van der Waals surface area contributed by atoms with Gasteiger partial charge >= 0.3 is 0 Å². The van der Waals surface area contributed by atoms with Crippen molar-refractivity contribution in [3.05, 3.63) is 35.4 Å². The van der Waals surface area contributed by atoms with Crippen LogP contribution in [0, 0.1) is 6.92 Å². The molecule has 2 rings (SSSR count). The molecule has 0 saturated heterocycles. The molecule has 1 fully saturated rings. The van der Waals surface area contributed by atoms with Gasteiger partial charge < -0.3 is 10.1 Å². The van der Waals surface area contributed by atoms with E-state index in [-0.39, 0.29) is 0 Å². The van der Waals surface area contributed by atoms with Gasteiger partial charge in [-0.2, -0.15) is 0 Å². The quantitative estimate of drug-likeness (QED) is 0.763. The zero-order chi connectivity index (χ0) is 12.1. The summed E-state index contributed by atoms with van der Waals surface area (Å²) in [6, 6.07) is 9.05. The summed E-state index contributed by atoms with van der Waals surface area (Å²) >= 11 is 0. The Balaban J connectivity index is 1.96. The molecule has 2 heteroatoms. The van der Waals surface area contributed by atoms with E-state index in [4.69, 9.17) is 4.74 Å². The molecular formula is C15H23NO. The van der Waals surface area contributed by atoms with Crippen LogP contribution in [0.3, 0.4) is 0 Å². The largest absolute Gasteiger partial charge is 0.383 e. The topological polar surface area (TPSA) is 21.3 Å². The average molecular weight is 233 g/mol. The number of benzene rings is 1. The van der Waals surface area contributed by atoms with E-state index in [1.807, 2.05) is 0 Å². The predicted molar refractivity (Wildman–Crippen MR) is 71.5 cm³/mol. The molecule has 0 spiro atoms. The first kappa shape index (κ1) is 12.6. The Morgan fingerprint density at radius 1 is 1.24 bits per heavy atom. The molecule has 0 radical (unpaired) electrons. The van der Waals surface area contributed by atoms with Gasteiger partial charge in [-0.3, -0.25) is 0 Å². The molecule has 94 valence electrons. The standard InChI is InChI=1S/C15H23NO/c1-13-4-6-14(7-5-13)15(8-3-9-15)12-16-10-11-17-2/h4-7,16H,3,8-12H2,1-2H3. The van der Waals surface area contributed by atoms with Crippen LogP contribution in [-0.2, 0) is 10.2 Å². The van der Waals surface area contributed by atoms with Crippen LogP contribution < -0.4 is 5.32 Å². The molecule has 1 N–H and O–H groups in total. The highest BCUT2D eigenvalue weighted by atomic mass is 16.5. The molecule has 0 aromatic heterocycles. The van der Waals surface area contributed by atoms with Crippen LogP contribution >= 0.6 is 0 Å². The molecule has 2 nitrogen and oxygen atoms in total. The van der Waals surface area contributed by atoms with Gasteiger partial charge in [-0.25, -0.2) is 0 Å². The van der Waals surface area contributed by atoms with E-state index in [1.54, 1.807) is 7.11 Å². The SMILES string of the molecule is COCCNCC1(c2ccc(C)cc2)CCC1. The van der Waals surface area contributed by atoms with Crippen molar-refractivity contribution < 1.29 is 4.74 Å². The van der Waals surface area contributed by atoms with E-state index in [1.165, 1.54) is 30.4 Å². The molecule has 1 aromatic rings. The Kier molecular flexibility index (Phi) is 4.19. The maximum atomic E-state index is 5.07. The van der Waals surface area contributed by atoms with E-state index in [2.05, 4.69) is 36.5 Å². The Morgan fingerprint density at radius 3 is 2.47 bits per heavy atom. The van der Waals surface area contributed by atoms with Gasteiger partial charge in [0.25, 0.3) is 0 Å². The molecular weight excluding hydrogens is 210 g/mol. The number of nitrogens with one attached hydrogen (secondary N) is 1. The van der Waals surface area contributed by atoms with Crippen LogP contribution in [0.25, 0.3) is 0 Å². The first-order chi connectivity index (χ1) is 8.27. The Labute approximate surface area is 104 Å². The van der Waals surface area contributed by atoms with Crippen molar-refractivity contribution in [2.75, 3.05) is 26.8 Å². The molecule has 1 aromatic carbocycles. The maximum Gasteiger partial charge on any atom is 0.0587 e. The molecule has 0 unspecified atom stereocenters. The first-order valence-corrected chi connectivity index (χ1v) is 6.54. The summed E-state index contributed by atoms with van der Waals surface area (Å²) in [5.74, 6) is 0. The summed E-state index contributed by atoms with van der Waals surface area (Å²) in [5, 5.41) is 3.52. The summed E-state index contributed by atoms with van der Waals surface area (Å²) in [6.45, 7) is 4.97. The lowest BCUT2D eigenvalue weighted by Gasteiger charge is -2.43. The fourth-order valence-electron chi connectivity index (χ4n) is 2.58. The monoisotopic (exact) mass is 233 g/mol. The summed E-state index contributed by atoms with van der Waals surface area (Å²) in [7, 11) is 1.75. The normalized spacial score (nSPS) is 17.8. The van der Waals surface area contributed by atoms with Gasteiger partial charge in [0.05, 0.1) is 6.61 Å². The molecule has 0 bridgehead atoms. The molecule has 0 amide bonds. The van der Waals surface area contributed by atoms with Crippen molar-refractivity contribution in [3.63, 3.8) is 0 Å². The zero-order valence-corrected chi connectivity index (χ0v) is 11.0. The molecule has 1 aliphatic rings.